The average molecular weight is 293 g/mol. The summed E-state index contributed by atoms with van der Waals surface area (Å²) >= 11 is 0. The third-order valence-corrected chi connectivity index (χ3v) is 3.97. The molecule has 1 aromatic carbocycles. The van der Waals surface area contributed by atoms with E-state index in [0.717, 1.165) is 30.6 Å². The molecule has 0 radical (unpaired) electrons. The lowest BCUT2D eigenvalue weighted by atomic mass is 9.97. The van der Waals surface area contributed by atoms with Crippen molar-refractivity contribution in [1.29, 1.82) is 0 Å². The predicted molar refractivity (Wildman–Crippen MR) is 83.5 cm³/mol. The highest BCUT2D eigenvalue weighted by atomic mass is 16.5. The summed E-state index contributed by atoms with van der Waals surface area (Å²) in [5, 5.41) is 13.2. The molecular weight excluding hydrogens is 266 g/mol. The Morgan fingerprint density at radius 2 is 2.24 bits per heavy atom. The molecule has 0 heterocycles. The van der Waals surface area contributed by atoms with Crippen LogP contribution in [0.1, 0.15) is 38.7 Å². The number of hydrogen-bond donors (Lipinski definition) is 2. The van der Waals surface area contributed by atoms with Crippen molar-refractivity contribution in [2.24, 2.45) is 0 Å². The minimum Gasteiger partial charge on any atom is -0.490 e. The Morgan fingerprint density at radius 3 is 2.90 bits per heavy atom. The maximum Gasteiger partial charge on any atom is 0.120 e. The third kappa shape index (κ3) is 4.43. The van der Waals surface area contributed by atoms with Crippen molar-refractivity contribution in [3.05, 3.63) is 29.8 Å². The summed E-state index contributed by atoms with van der Waals surface area (Å²) < 4.78 is 11.2. The van der Waals surface area contributed by atoms with E-state index in [1.165, 1.54) is 0 Å². The van der Waals surface area contributed by atoms with E-state index in [-0.39, 0.29) is 18.2 Å². The number of rotatable bonds is 7. The van der Waals surface area contributed by atoms with Crippen LogP contribution in [0.3, 0.4) is 0 Å². The first-order chi connectivity index (χ1) is 10.1. The quantitative estimate of drug-likeness (QED) is 0.811. The van der Waals surface area contributed by atoms with Crippen LogP contribution in [-0.4, -0.2) is 36.5 Å². The highest BCUT2D eigenvalue weighted by Gasteiger charge is 2.40. The fraction of sp³-hybridized carbons (Fsp3) is 0.647. The Bertz CT molecular complexity index is 449. The number of ether oxygens (including phenoxy) is 2. The monoisotopic (exact) mass is 293 g/mol. The molecule has 0 saturated heterocycles. The van der Waals surface area contributed by atoms with Crippen molar-refractivity contribution in [3.63, 3.8) is 0 Å². The van der Waals surface area contributed by atoms with Crippen LogP contribution in [0, 0.1) is 0 Å². The highest BCUT2D eigenvalue weighted by Crippen LogP contribution is 2.33. The Balaban J connectivity index is 1.97. The van der Waals surface area contributed by atoms with E-state index in [2.05, 4.69) is 19.2 Å². The number of aliphatic hydroxyl groups is 1. The predicted octanol–water partition coefficient (Wildman–Crippen LogP) is 2.49. The van der Waals surface area contributed by atoms with E-state index in [9.17, 15) is 5.11 Å². The summed E-state index contributed by atoms with van der Waals surface area (Å²) in [6, 6.07) is 8.39. The zero-order chi connectivity index (χ0) is 15.3. The summed E-state index contributed by atoms with van der Waals surface area (Å²) in [5.74, 6) is 0.882. The molecule has 2 atom stereocenters. The minimum absolute atomic E-state index is 0.154. The number of hydrogen-bond acceptors (Lipinski definition) is 4. The lowest BCUT2D eigenvalue weighted by Crippen LogP contribution is -2.50. The molecule has 1 fully saturated rings. The SMILES string of the molecule is COCc1cccc(OC2CCC(CO)(NC(C)C)C2)c1. The maximum atomic E-state index is 9.73. The molecule has 2 rings (SSSR count). The molecule has 0 aliphatic heterocycles. The molecule has 0 amide bonds. The van der Waals surface area contributed by atoms with Gasteiger partial charge >= 0.3 is 0 Å². The van der Waals surface area contributed by atoms with Gasteiger partial charge in [-0.25, -0.2) is 0 Å². The Labute approximate surface area is 127 Å². The van der Waals surface area contributed by atoms with Gasteiger partial charge in [0.25, 0.3) is 0 Å². The molecule has 1 saturated carbocycles. The summed E-state index contributed by atoms with van der Waals surface area (Å²) in [5.41, 5.74) is 0.921. The third-order valence-electron chi connectivity index (χ3n) is 3.97. The molecule has 4 heteroatoms. The minimum atomic E-state index is -0.191. The lowest BCUT2D eigenvalue weighted by molar-refractivity contribution is 0.133. The zero-order valence-electron chi connectivity index (χ0n) is 13.3. The molecule has 0 spiro atoms. The maximum absolute atomic E-state index is 9.73. The first-order valence-electron chi connectivity index (χ1n) is 7.70. The normalized spacial score (nSPS) is 25.5. The van der Waals surface area contributed by atoms with Crippen molar-refractivity contribution >= 4 is 0 Å². The molecule has 118 valence electrons. The molecule has 21 heavy (non-hydrogen) atoms. The Morgan fingerprint density at radius 1 is 1.43 bits per heavy atom. The van der Waals surface area contributed by atoms with E-state index in [1.54, 1.807) is 7.11 Å². The van der Waals surface area contributed by atoms with E-state index < -0.39 is 0 Å². The molecule has 0 bridgehead atoms. The first-order valence-corrected chi connectivity index (χ1v) is 7.70. The van der Waals surface area contributed by atoms with Crippen LogP contribution in [0.5, 0.6) is 5.75 Å². The van der Waals surface area contributed by atoms with Gasteiger partial charge in [0, 0.05) is 25.1 Å². The van der Waals surface area contributed by atoms with E-state index in [0.29, 0.717) is 12.6 Å². The van der Waals surface area contributed by atoms with Crippen LogP contribution in [-0.2, 0) is 11.3 Å². The van der Waals surface area contributed by atoms with Gasteiger partial charge in [-0.2, -0.15) is 0 Å². The van der Waals surface area contributed by atoms with E-state index >= 15 is 0 Å². The molecule has 1 aromatic rings. The molecule has 0 aromatic heterocycles. The van der Waals surface area contributed by atoms with Crippen molar-refractivity contribution in [3.8, 4) is 5.75 Å². The number of aliphatic hydroxyl groups excluding tert-OH is 1. The summed E-state index contributed by atoms with van der Waals surface area (Å²) in [6.45, 7) is 4.98. The lowest BCUT2D eigenvalue weighted by Gasteiger charge is -2.30. The fourth-order valence-electron chi connectivity index (χ4n) is 3.18. The van der Waals surface area contributed by atoms with E-state index in [4.69, 9.17) is 9.47 Å². The van der Waals surface area contributed by atoms with Gasteiger partial charge in [-0.1, -0.05) is 26.0 Å². The molecular formula is C17H27NO3. The van der Waals surface area contributed by atoms with Crippen LogP contribution in [0.2, 0.25) is 0 Å². The zero-order valence-corrected chi connectivity index (χ0v) is 13.3. The van der Waals surface area contributed by atoms with Crippen molar-refractivity contribution in [1.82, 2.24) is 5.32 Å². The molecule has 2 N–H and O–H groups in total. The fourth-order valence-corrected chi connectivity index (χ4v) is 3.18. The van der Waals surface area contributed by atoms with E-state index in [1.807, 2.05) is 24.3 Å². The highest BCUT2D eigenvalue weighted by molar-refractivity contribution is 5.28. The number of nitrogens with one attached hydrogen (secondary N) is 1. The van der Waals surface area contributed by atoms with Gasteiger partial charge in [0.2, 0.25) is 0 Å². The van der Waals surface area contributed by atoms with Crippen LogP contribution in [0.25, 0.3) is 0 Å². The first kappa shape index (κ1) is 16.3. The van der Waals surface area contributed by atoms with Gasteiger partial charge in [0.15, 0.2) is 0 Å². The van der Waals surface area contributed by atoms with Crippen molar-refractivity contribution < 1.29 is 14.6 Å². The second-order valence-electron chi connectivity index (χ2n) is 6.30. The average Bonchev–Trinajstić information content (AvgIpc) is 2.82. The second kappa shape index (κ2) is 7.25. The number of methoxy groups -OCH3 is 1. The van der Waals surface area contributed by atoms with Crippen LogP contribution >= 0.6 is 0 Å². The van der Waals surface area contributed by atoms with Gasteiger partial charge in [-0.05, 0) is 30.5 Å². The largest absolute Gasteiger partial charge is 0.490 e. The summed E-state index contributed by atoms with van der Waals surface area (Å²) in [7, 11) is 1.69. The Kier molecular flexibility index (Phi) is 5.62. The topological polar surface area (TPSA) is 50.7 Å². The molecule has 2 unspecified atom stereocenters. The van der Waals surface area contributed by atoms with Gasteiger partial charge in [0.05, 0.1) is 13.2 Å². The van der Waals surface area contributed by atoms with Gasteiger partial charge in [-0.3, -0.25) is 0 Å². The van der Waals surface area contributed by atoms with Gasteiger partial charge < -0.3 is 19.9 Å². The van der Waals surface area contributed by atoms with Crippen molar-refractivity contribution in [2.75, 3.05) is 13.7 Å². The standard InChI is InChI=1S/C17H27NO3/c1-13(2)18-17(12-19)8-7-16(10-17)21-15-6-4-5-14(9-15)11-20-3/h4-6,9,13,16,18-19H,7-8,10-12H2,1-3H3. The van der Waals surface area contributed by atoms with Gasteiger partial charge in [-0.15, -0.1) is 0 Å². The number of benzene rings is 1. The molecule has 1 aliphatic rings. The van der Waals surface area contributed by atoms with Gasteiger partial charge in [0.1, 0.15) is 11.9 Å². The smallest absolute Gasteiger partial charge is 0.120 e. The van der Waals surface area contributed by atoms with Crippen LogP contribution in [0.15, 0.2) is 24.3 Å². The van der Waals surface area contributed by atoms with Crippen molar-refractivity contribution in [2.45, 2.75) is 57.4 Å². The summed E-state index contributed by atoms with van der Waals surface area (Å²) in [6.07, 6.45) is 2.91. The second-order valence-corrected chi connectivity index (χ2v) is 6.30. The van der Waals surface area contributed by atoms with Crippen LogP contribution in [0.4, 0.5) is 0 Å². The molecule has 4 nitrogen and oxygen atoms in total. The van der Waals surface area contributed by atoms with Crippen LogP contribution < -0.4 is 10.1 Å². The Hall–Kier alpha value is -1.10. The molecule has 1 aliphatic carbocycles. The summed E-state index contributed by atoms with van der Waals surface area (Å²) in [4.78, 5) is 0.